The van der Waals surface area contributed by atoms with Gasteiger partial charge in [-0.25, -0.2) is 4.98 Å². The van der Waals surface area contributed by atoms with E-state index in [4.69, 9.17) is 5.73 Å². The molecule has 0 unspecified atom stereocenters. The van der Waals surface area contributed by atoms with E-state index in [0.717, 1.165) is 5.56 Å². The summed E-state index contributed by atoms with van der Waals surface area (Å²) in [5.74, 6) is 5.87. The van der Waals surface area contributed by atoms with Crippen LogP contribution in [0.4, 0.5) is 5.82 Å². The van der Waals surface area contributed by atoms with Gasteiger partial charge >= 0.3 is 0 Å². The number of carbonyl (C=O) groups is 1. The number of amides is 1. The molecule has 1 aromatic heterocycles. The fraction of sp³-hybridized carbons (Fsp3) is 0.125. The summed E-state index contributed by atoms with van der Waals surface area (Å²) in [6, 6.07) is 7.99. The number of aromatic hydroxyl groups is 1. The van der Waals surface area contributed by atoms with Crippen molar-refractivity contribution in [2.24, 2.45) is 5.73 Å². The molecule has 0 saturated heterocycles. The molecule has 21 heavy (non-hydrogen) atoms. The smallest absolute Gasteiger partial charge is 0.257 e. The van der Waals surface area contributed by atoms with Crippen LogP contribution in [0.25, 0.3) is 0 Å². The Bertz CT molecular complexity index is 730. The average molecular weight is 281 g/mol. The van der Waals surface area contributed by atoms with E-state index in [1.54, 1.807) is 31.3 Å². The van der Waals surface area contributed by atoms with E-state index in [2.05, 4.69) is 22.1 Å². The third kappa shape index (κ3) is 3.81. The lowest BCUT2D eigenvalue weighted by Gasteiger charge is -2.07. The van der Waals surface area contributed by atoms with Crippen LogP contribution in [-0.2, 0) is 0 Å². The molecule has 0 aliphatic rings. The number of carbonyl (C=O) groups excluding carboxylic acids is 1. The second kappa shape index (κ2) is 6.55. The van der Waals surface area contributed by atoms with Crippen LogP contribution in [0.2, 0.25) is 0 Å². The maximum Gasteiger partial charge on any atom is 0.257 e. The first-order valence-electron chi connectivity index (χ1n) is 6.36. The number of rotatable bonds is 2. The highest BCUT2D eigenvalue weighted by molar-refractivity contribution is 6.04. The minimum Gasteiger partial charge on any atom is -0.508 e. The van der Waals surface area contributed by atoms with Gasteiger partial charge in [-0.3, -0.25) is 4.79 Å². The Labute approximate surface area is 122 Å². The number of nitrogens with one attached hydrogen (secondary N) is 1. The topological polar surface area (TPSA) is 88.2 Å². The first kappa shape index (κ1) is 14.6. The molecule has 0 spiro atoms. The van der Waals surface area contributed by atoms with E-state index in [-0.39, 0.29) is 18.2 Å². The Morgan fingerprint density at radius 1 is 1.38 bits per heavy atom. The van der Waals surface area contributed by atoms with Crippen molar-refractivity contribution >= 4 is 11.7 Å². The molecular weight excluding hydrogens is 266 g/mol. The van der Waals surface area contributed by atoms with Gasteiger partial charge in [-0.15, -0.1) is 0 Å². The maximum atomic E-state index is 12.2. The molecule has 0 aliphatic carbocycles. The summed E-state index contributed by atoms with van der Waals surface area (Å²) in [4.78, 5) is 16.3. The van der Waals surface area contributed by atoms with E-state index in [1.165, 1.54) is 12.1 Å². The molecule has 1 heterocycles. The number of nitrogens with zero attached hydrogens (tertiary/aromatic N) is 1. The molecule has 106 valence electrons. The first-order valence-corrected chi connectivity index (χ1v) is 6.36. The molecule has 2 rings (SSSR count). The van der Waals surface area contributed by atoms with Crippen molar-refractivity contribution in [2.75, 3.05) is 11.9 Å². The van der Waals surface area contributed by atoms with Crippen LogP contribution in [0.15, 0.2) is 36.5 Å². The highest BCUT2D eigenvalue weighted by Crippen LogP contribution is 2.17. The van der Waals surface area contributed by atoms with Crippen LogP contribution in [0.1, 0.15) is 21.5 Å². The molecule has 5 nitrogen and oxygen atoms in total. The zero-order valence-electron chi connectivity index (χ0n) is 11.6. The molecule has 4 N–H and O–H groups in total. The third-order valence-electron chi connectivity index (χ3n) is 2.79. The number of pyridine rings is 1. The summed E-state index contributed by atoms with van der Waals surface area (Å²) in [5.41, 5.74) is 7.22. The number of aryl methyl sites for hydroxylation is 1. The lowest BCUT2D eigenvalue weighted by atomic mass is 10.1. The fourth-order valence-corrected chi connectivity index (χ4v) is 1.82. The van der Waals surface area contributed by atoms with Crippen LogP contribution in [0.3, 0.4) is 0 Å². The van der Waals surface area contributed by atoms with Gasteiger partial charge < -0.3 is 16.2 Å². The number of phenols is 1. The van der Waals surface area contributed by atoms with Gasteiger partial charge in [-0.1, -0.05) is 11.8 Å². The van der Waals surface area contributed by atoms with Crippen molar-refractivity contribution in [2.45, 2.75) is 6.92 Å². The molecule has 5 heteroatoms. The summed E-state index contributed by atoms with van der Waals surface area (Å²) in [5, 5.41) is 12.1. The molecule has 2 aromatic rings. The summed E-state index contributed by atoms with van der Waals surface area (Å²) >= 11 is 0. The number of phenolic OH excluding ortho intramolecular Hbond substituents is 1. The zero-order valence-corrected chi connectivity index (χ0v) is 11.6. The molecule has 0 saturated carbocycles. The van der Waals surface area contributed by atoms with Gasteiger partial charge in [0.1, 0.15) is 11.6 Å². The Balaban J connectivity index is 2.19. The summed E-state index contributed by atoms with van der Waals surface area (Å²) in [6.07, 6.45) is 1.57. The average Bonchev–Trinajstić information content (AvgIpc) is 2.45. The maximum absolute atomic E-state index is 12.2. The largest absolute Gasteiger partial charge is 0.508 e. The van der Waals surface area contributed by atoms with Crippen molar-refractivity contribution in [1.29, 1.82) is 0 Å². The van der Waals surface area contributed by atoms with Crippen molar-refractivity contribution in [3.63, 3.8) is 0 Å². The number of nitrogens with two attached hydrogens (primary N) is 1. The zero-order chi connectivity index (χ0) is 15.2. The lowest BCUT2D eigenvalue weighted by molar-refractivity contribution is 0.102. The second-order valence-electron chi connectivity index (χ2n) is 4.39. The molecule has 1 aromatic carbocycles. The third-order valence-corrected chi connectivity index (χ3v) is 2.79. The van der Waals surface area contributed by atoms with E-state index >= 15 is 0 Å². The summed E-state index contributed by atoms with van der Waals surface area (Å²) < 4.78 is 0. The molecule has 1 amide bonds. The van der Waals surface area contributed by atoms with Crippen LogP contribution < -0.4 is 11.1 Å². The van der Waals surface area contributed by atoms with E-state index in [1.807, 2.05) is 0 Å². The van der Waals surface area contributed by atoms with E-state index in [0.29, 0.717) is 16.9 Å². The second-order valence-corrected chi connectivity index (χ2v) is 4.39. The van der Waals surface area contributed by atoms with Crippen molar-refractivity contribution in [3.05, 3.63) is 53.2 Å². The number of aromatic nitrogens is 1. The quantitative estimate of drug-likeness (QED) is 0.730. The highest BCUT2D eigenvalue weighted by atomic mass is 16.3. The van der Waals surface area contributed by atoms with E-state index < -0.39 is 0 Å². The number of hydrogen-bond acceptors (Lipinski definition) is 4. The SMILES string of the molecule is Cc1cc(O)ccc1C(=O)Nc1cc(C#CCN)ccn1. The van der Waals surface area contributed by atoms with Crippen molar-refractivity contribution in [1.82, 2.24) is 4.98 Å². The summed E-state index contributed by atoms with van der Waals surface area (Å²) in [7, 11) is 0. The molecule has 0 atom stereocenters. The van der Waals surface area contributed by atoms with Crippen LogP contribution in [-0.4, -0.2) is 22.5 Å². The van der Waals surface area contributed by atoms with Crippen LogP contribution in [0, 0.1) is 18.8 Å². The molecule has 0 bridgehead atoms. The highest BCUT2D eigenvalue weighted by Gasteiger charge is 2.10. The van der Waals surface area contributed by atoms with Crippen LogP contribution in [0.5, 0.6) is 5.75 Å². The number of anilines is 1. The standard InChI is InChI=1S/C16H15N3O2/c1-11-9-13(20)4-5-14(11)16(21)19-15-10-12(3-2-7-17)6-8-18-15/h4-6,8-10,20H,7,17H2,1H3,(H,18,19,21). The van der Waals surface area contributed by atoms with Gasteiger partial charge in [-0.2, -0.15) is 0 Å². The Kier molecular flexibility index (Phi) is 4.54. The molecule has 0 fully saturated rings. The fourth-order valence-electron chi connectivity index (χ4n) is 1.82. The van der Waals surface area contributed by atoms with E-state index in [9.17, 15) is 9.90 Å². The Morgan fingerprint density at radius 2 is 2.19 bits per heavy atom. The lowest BCUT2D eigenvalue weighted by Crippen LogP contribution is -2.14. The first-order chi connectivity index (χ1) is 10.1. The summed E-state index contributed by atoms with van der Waals surface area (Å²) in [6.45, 7) is 2.03. The van der Waals surface area contributed by atoms with Gasteiger partial charge in [0.2, 0.25) is 0 Å². The number of hydrogen-bond donors (Lipinski definition) is 3. The molecular formula is C16H15N3O2. The Morgan fingerprint density at radius 3 is 2.90 bits per heavy atom. The van der Waals surface area contributed by atoms with Crippen LogP contribution >= 0.6 is 0 Å². The van der Waals surface area contributed by atoms with Crippen molar-refractivity contribution < 1.29 is 9.90 Å². The normalized spacial score (nSPS) is 9.62. The minimum atomic E-state index is -0.288. The van der Waals surface area contributed by atoms with Gasteiger partial charge in [0.25, 0.3) is 5.91 Å². The monoisotopic (exact) mass is 281 g/mol. The van der Waals surface area contributed by atoms with Gasteiger partial charge in [0.05, 0.1) is 6.54 Å². The molecule has 0 radical (unpaired) electrons. The van der Waals surface area contributed by atoms with Gasteiger partial charge in [0.15, 0.2) is 0 Å². The Hall–Kier alpha value is -2.84. The number of benzene rings is 1. The van der Waals surface area contributed by atoms with Crippen molar-refractivity contribution in [3.8, 4) is 17.6 Å². The van der Waals surface area contributed by atoms with Gasteiger partial charge in [0, 0.05) is 17.3 Å². The predicted molar refractivity (Wildman–Crippen MR) is 81.0 cm³/mol. The predicted octanol–water partition coefficient (Wildman–Crippen LogP) is 1.66. The van der Waals surface area contributed by atoms with Gasteiger partial charge in [-0.05, 0) is 42.8 Å². The molecule has 0 aliphatic heterocycles. The minimum absolute atomic E-state index is 0.126.